The summed E-state index contributed by atoms with van der Waals surface area (Å²) in [6.45, 7) is 2.90. The number of rotatable bonds is 3. The van der Waals surface area contributed by atoms with Crippen molar-refractivity contribution in [2.75, 3.05) is 6.54 Å². The van der Waals surface area contributed by atoms with Crippen molar-refractivity contribution in [3.05, 3.63) is 75.7 Å². The van der Waals surface area contributed by atoms with Crippen molar-refractivity contribution in [1.82, 2.24) is 24.2 Å². The molecule has 0 bridgehead atoms. The molecule has 0 saturated carbocycles. The zero-order valence-electron chi connectivity index (χ0n) is 13.0. The standard InChI is InChI=1S/C17H16ClN5O/c18-14-3-5-15(6-4-14)23-17(24)22-9-8-21(12-16(22)20-23)11-13-2-1-7-19-10-13/h1-7,10H,8-9,11-12H2. The molecule has 0 spiro atoms. The first kappa shape index (κ1) is 15.1. The second kappa shape index (κ2) is 6.22. The lowest BCUT2D eigenvalue weighted by Crippen LogP contribution is -2.37. The summed E-state index contributed by atoms with van der Waals surface area (Å²) in [5.41, 5.74) is 1.78. The van der Waals surface area contributed by atoms with Crippen LogP contribution in [-0.4, -0.2) is 30.8 Å². The summed E-state index contributed by atoms with van der Waals surface area (Å²) in [5, 5.41) is 5.15. The summed E-state index contributed by atoms with van der Waals surface area (Å²) in [6.07, 6.45) is 3.64. The molecule has 4 rings (SSSR count). The van der Waals surface area contributed by atoms with Crippen molar-refractivity contribution in [3.8, 4) is 5.69 Å². The van der Waals surface area contributed by atoms with Gasteiger partial charge < -0.3 is 0 Å². The minimum absolute atomic E-state index is 0.103. The monoisotopic (exact) mass is 341 g/mol. The highest BCUT2D eigenvalue weighted by atomic mass is 35.5. The summed E-state index contributed by atoms with van der Waals surface area (Å²) in [5.74, 6) is 0.782. The number of nitrogens with zero attached hydrogens (tertiary/aromatic N) is 5. The van der Waals surface area contributed by atoms with Crippen LogP contribution in [0.5, 0.6) is 0 Å². The van der Waals surface area contributed by atoms with Crippen LogP contribution >= 0.6 is 11.6 Å². The minimum Gasteiger partial charge on any atom is -0.290 e. The van der Waals surface area contributed by atoms with E-state index in [0.717, 1.165) is 30.2 Å². The first-order valence-corrected chi connectivity index (χ1v) is 8.14. The summed E-state index contributed by atoms with van der Waals surface area (Å²) < 4.78 is 3.19. The maximum atomic E-state index is 12.6. The van der Waals surface area contributed by atoms with Gasteiger partial charge in [0.25, 0.3) is 0 Å². The normalized spacial score (nSPS) is 14.5. The Morgan fingerprint density at radius 1 is 1.12 bits per heavy atom. The second-order valence-corrected chi connectivity index (χ2v) is 6.25. The lowest BCUT2D eigenvalue weighted by molar-refractivity contribution is 0.207. The quantitative estimate of drug-likeness (QED) is 0.732. The molecule has 0 fully saturated rings. The van der Waals surface area contributed by atoms with Crippen molar-refractivity contribution in [2.24, 2.45) is 0 Å². The number of hydrogen-bond acceptors (Lipinski definition) is 4. The van der Waals surface area contributed by atoms with Crippen molar-refractivity contribution in [2.45, 2.75) is 19.6 Å². The molecule has 0 amide bonds. The number of hydrogen-bond donors (Lipinski definition) is 0. The van der Waals surface area contributed by atoms with Gasteiger partial charge in [-0.25, -0.2) is 4.79 Å². The summed E-state index contributed by atoms with van der Waals surface area (Å²) >= 11 is 5.91. The van der Waals surface area contributed by atoms with E-state index >= 15 is 0 Å². The van der Waals surface area contributed by atoms with Gasteiger partial charge in [-0.15, -0.1) is 5.10 Å². The van der Waals surface area contributed by atoms with Gasteiger partial charge in [-0.05, 0) is 35.9 Å². The third-order valence-electron chi connectivity index (χ3n) is 4.14. The molecule has 2 aromatic heterocycles. The Hall–Kier alpha value is -2.44. The van der Waals surface area contributed by atoms with Crippen molar-refractivity contribution in [3.63, 3.8) is 0 Å². The lowest BCUT2D eigenvalue weighted by atomic mass is 10.2. The maximum Gasteiger partial charge on any atom is 0.350 e. The Labute approximate surface area is 143 Å². The van der Waals surface area contributed by atoms with Gasteiger partial charge in [0.15, 0.2) is 0 Å². The zero-order valence-corrected chi connectivity index (χ0v) is 13.7. The van der Waals surface area contributed by atoms with Gasteiger partial charge in [0.1, 0.15) is 5.82 Å². The highest BCUT2D eigenvalue weighted by Crippen LogP contribution is 2.15. The molecule has 24 heavy (non-hydrogen) atoms. The molecule has 0 atom stereocenters. The molecule has 122 valence electrons. The summed E-state index contributed by atoms with van der Waals surface area (Å²) in [6, 6.07) is 11.1. The largest absolute Gasteiger partial charge is 0.350 e. The molecule has 0 aliphatic carbocycles. The van der Waals surface area contributed by atoms with Crippen molar-refractivity contribution >= 4 is 11.6 Å². The fourth-order valence-electron chi connectivity index (χ4n) is 2.93. The van der Waals surface area contributed by atoms with E-state index in [0.29, 0.717) is 18.1 Å². The lowest BCUT2D eigenvalue weighted by Gasteiger charge is -2.26. The Bertz CT molecular complexity index is 901. The van der Waals surface area contributed by atoms with Gasteiger partial charge in [0.2, 0.25) is 0 Å². The fourth-order valence-corrected chi connectivity index (χ4v) is 3.06. The average Bonchev–Trinajstić information content (AvgIpc) is 2.93. The second-order valence-electron chi connectivity index (χ2n) is 5.81. The van der Waals surface area contributed by atoms with Crippen LogP contribution in [0.25, 0.3) is 5.69 Å². The number of halogens is 1. The number of benzene rings is 1. The molecule has 6 nitrogen and oxygen atoms in total. The van der Waals surface area contributed by atoms with Crippen LogP contribution in [-0.2, 0) is 19.6 Å². The molecular formula is C17H16ClN5O. The molecule has 0 N–H and O–H groups in total. The smallest absolute Gasteiger partial charge is 0.290 e. The van der Waals surface area contributed by atoms with E-state index < -0.39 is 0 Å². The predicted molar refractivity (Wildman–Crippen MR) is 91.2 cm³/mol. The number of fused-ring (bicyclic) bond motifs is 1. The zero-order chi connectivity index (χ0) is 16.5. The van der Waals surface area contributed by atoms with Crippen LogP contribution in [0.15, 0.2) is 53.6 Å². The molecule has 7 heteroatoms. The van der Waals surface area contributed by atoms with Crippen LogP contribution in [0.1, 0.15) is 11.4 Å². The maximum absolute atomic E-state index is 12.6. The van der Waals surface area contributed by atoms with E-state index in [-0.39, 0.29) is 5.69 Å². The molecular weight excluding hydrogens is 326 g/mol. The van der Waals surface area contributed by atoms with Gasteiger partial charge in [-0.3, -0.25) is 14.5 Å². The fraction of sp³-hybridized carbons (Fsp3) is 0.235. The molecule has 3 aromatic rings. The summed E-state index contributed by atoms with van der Waals surface area (Å²) in [4.78, 5) is 19.0. The molecule has 1 aromatic carbocycles. The molecule has 1 aliphatic heterocycles. The van der Waals surface area contributed by atoms with Crippen molar-refractivity contribution < 1.29 is 0 Å². The SMILES string of the molecule is O=c1n(-c2ccc(Cl)cc2)nc2n1CCN(Cc1cccnc1)C2. The third-order valence-corrected chi connectivity index (χ3v) is 4.40. The molecule has 0 unspecified atom stereocenters. The first-order valence-electron chi connectivity index (χ1n) is 7.76. The van der Waals surface area contributed by atoms with Gasteiger partial charge in [-0.1, -0.05) is 17.7 Å². The minimum atomic E-state index is -0.103. The number of aromatic nitrogens is 4. The van der Waals surface area contributed by atoms with Crippen LogP contribution in [0.2, 0.25) is 5.02 Å². The van der Waals surface area contributed by atoms with Gasteiger partial charge in [-0.2, -0.15) is 4.68 Å². The molecule has 0 saturated heterocycles. The van der Waals surface area contributed by atoms with E-state index in [9.17, 15) is 4.79 Å². The molecule has 3 heterocycles. The van der Waals surface area contributed by atoms with Crippen LogP contribution in [0.4, 0.5) is 0 Å². The van der Waals surface area contributed by atoms with E-state index in [2.05, 4.69) is 21.0 Å². The predicted octanol–water partition coefficient (Wildman–Crippen LogP) is 2.10. The topological polar surface area (TPSA) is 56.0 Å². The Morgan fingerprint density at radius 2 is 1.96 bits per heavy atom. The van der Waals surface area contributed by atoms with Crippen LogP contribution in [0, 0.1) is 0 Å². The van der Waals surface area contributed by atoms with E-state index in [1.54, 1.807) is 35.0 Å². The molecule has 0 radical (unpaired) electrons. The van der Waals surface area contributed by atoms with Crippen molar-refractivity contribution in [1.29, 1.82) is 0 Å². The third kappa shape index (κ3) is 2.86. The average molecular weight is 342 g/mol. The van der Waals surface area contributed by atoms with Gasteiger partial charge >= 0.3 is 5.69 Å². The van der Waals surface area contributed by atoms with Gasteiger partial charge in [0, 0.05) is 37.1 Å². The molecule has 1 aliphatic rings. The van der Waals surface area contributed by atoms with E-state index in [1.807, 2.05) is 12.3 Å². The Balaban J connectivity index is 1.59. The summed E-state index contributed by atoms with van der Waals surface area (Å²) in [7, 11) is 0. The van der Waals surface area contributed by atoms with E-state index in [4.69, 9.17) is 11.6 Å². The van der Waals surface area contributed by atoms with Crippen LogP contribution in [0.3, 0.4) is 0 Å². The van der Waals surface area contributed by atoms with Gasteiger partial charge in [0.05, 0.1) is 12.2 Å². The highest BCUT2D eigenvalue weighted by Gasteiger charge is 2.22. The number of pyridine rings is 1. The van der Waals surface area contributed by atoms with Crippen LogP contribution < -0.4 is 5.69 Å². The Kier molecular flexibility index (Phi) is 3.92. The first-order chi connectivity index (χ1) is 11.7. The highest BCUT2D eigenvalue weighted by molar-refractivity contribution is 6.30. The van der Waals surface area contributed by atoms with E-state index in [1.165, 1.54) is 4.68 Å². The Morgan fingerprint density at radius 3 is 2.71 bits per heavy atom.